The molecule has 2 N–H and O–H groups in total. The molecule has 0 spiro atoms. The lowest BCUT2D eigenvalue weighted by atomic mass is 9.93. The zero-order valence-electron chi connectivity index (χ0n) is 10.3. The van der Waals surface area contributed by atoms with E-state index in [-0.39, 0.29) is 18.4 Å². The highest BCUT2D eigenvalue weighted by molar-refractivity contribution is 5.85. The molecule has 96 valence electrons. The smallest absolute Gasteiger partial charge is 0.161 e. The molecule has 1 unspecified atom stereocenters. The van der Waals surface area contributed by atoms with Gasteiger partial charge in [-0.15, -0.1) is 12.4 Å². The van der Waals surface area contributed by atoms with Gasteiger partial charge in [-0.2, -0.15) is 0 Å². The first-order valence-electron chi connectivity index (χ1n) is 5.87. The maximum atomic E-state index is 6.19. The van der Waals surface area contributed by atoms with Crippen molar-refractivity contribution in [1.29, 1.82) is 0 Å². The molecule has 0 aliphatic carbocycles. The number of ether oxygens (including phenoxy) is 2. The van der Waals surface area contributed by atoms with Crippen LogP contribution in [0.3, 0.4) is 0 Å². The third kappa shape index (κ3) is 3.05. The average Bonchev–Trinajstić information content (AvgIpc) is 2.36. The van der Waals surface area contributed by atoms with E-state index >= 15 is 0 Å². The molecule has 1 aliphatic rings. The lowest BCUT2D eigenvalue weighted by molar-refractivity contribution is 0.171. The monoisotopic (exact) mass is 257 g/mol. The molecule has 3 nitrogen and oxygen atoms in total. The Morgan fingerprint density at radius 1 is 1.24 bits per heavy atom. The second-order valence-electron chi connectivity index (χ2n) is 4.31. The highest BCUT2D eigenvalue weighted by Gasteiger charge is 2.17. The third-order valence-corrected chi connectivity index (χ3v) is 3.21. The van der Waals surface area contributed by atoms with Crippen LogP contribution in [0.1, 0.15) is 31.9 Å². The summed E-state index contributed by atoms with van der Waals surface area (Å²) in [5, 5.41) is 0. The van der Waals surface area contributed by atoms with E-state index < -0.39 is 0 Å². The van der Waals surface area contributed by atoms with Crippen molar-refractivity contribution in [3.63, 3.8) is 0 Å². The van der Waals surface area contributed by atoms with E-state index in [9.17, 15) is 0 Å². The van der Waals surface area contributed by atoms with Crippen LogP contribution in [0, 0.1) is 5.92 Å². The van der Waals surface area contributed by atoms with Gasteiger partial charge in [0.05, 0.1) is 0 Å². The fourth-order valence-corrected chi connectivity index (χ4v) is 1.85. The fraction of sp³-hybridized carbons (Fsp3) is 0.538. The van der Waals surface area contributed by atoms with Crippen LogP contribution < -0.4 is 15.2 Å². The molecular formula is C13H20ClNO2. The predicted molar refractivity (Wildman–Crippen MR) is 71.1 cm³/mol. The van der Waals surface area contributed by atoms with Crippen LogP contribution in [0.2, 0.25) is 0 Å². The Balaban J connectivity index is 0.00000144. The molecule has 0 saturated carbocycles. The van der Waals surface area contributed by atoms with Gasteiger partial charge in [-0.1, -0.05) is 26.3 Å². The van der Waals surface area contributed by atoms with Crippen molar-refractivity contribution in [1.82, 2.24) is 0 Å². The second-order valence-corrected chi connectivity index (χ2v) is 4.31. The first kappa shape index (κ1) is 14.1. The Morgan fingerprint density at radius 3 is 2.53 bits per heavy atom. The van der Waals surface area contributed by atoms with Crippen LogP contribution in [0.25, 0.3) is 0 Å². The van der Waals surface area contributed by atoms with Gasteiger partial charge in [0.15, 0.2) is 11.5 Å². The molecular weight excluding hydrogens is 238 g/mol. The summed E-state index contributed by atoms with van der Waals surface area (Å²) in [6.45, 7) is 5.57. The number of nitrogens with two attached hydrogens (primary N) is 1. The van der Waals surface area contributed by atoms with Gasteiger partial charge in [0.25, 0.3) is 0 Å². The van der Waals surface area contributed by atoms with E-state index in [0.717, 1.165) is 23.5 Å². The van der Waals surface area contributed by atoms with Crippen LogP contribution in [-0.4, -0.2) is 13.2 Å². The Labute approximate surface area is 109 Å². The Morgan fingerprint density at radius 2 is 1.88 bits per heavy atom. The molecule has 0 amide bonds. The van der Waals surface area contributed by atoms with Gasteiger partial charge in [0, 0.05) is 6.04 Å². The minimum atomic E-state index is 0. The van der Waals surface area contributed by atoms with Crippen molar-refractivity contribution < 1.29 is 9.47 Å². The lowest BCUT2D eigenvalue weighted by Gasteiger charge is -2.22. The summed E-state index contributed by atoms with van der Waals surface area (Å²) in [6, 6.07) is 6.06. The van der Waals surface area contributed by atoms with Gasteiger partial charge in [-0.05, 0) is 23.6 Å². The van der Waals surface area contributed by atoms with Crippen LogP contribution in [0.5, 0.6) is 11.5 Å². The normalized spacial score (nSPS) is 16.9. The van der Waals surface area contributed by atoms with Crippen molar-refractivity contribution in [3.05, 3.63) is 23.8 Å². The van der Waals surface area contributed by atoms with E-state index in [1.54, 1.807) is 0 Å². The molecule has 0 aromatic heterocycles. The maximum absolute atomic E-state index is 6.19. The molecule has 17 heavy (non-hydrogen) atoms. The zero-order chi connectivity index (χ0) is 11.5. The molecule has 0 fully saturated rings. The average molecular weight is 258 g/mol. The van der Waals surface area contributed by atoms with Crippen LogP contribution in [0.4, 0.5) is 0 Å². The van der Waals surface area contributed by atoms with Gasteiger partial charge in [-0.25, -0.2) is 0 Å². The summed E-state index contributed by atoms with van der Waals surface area (Å²) in [5.41, 5.74) is 7.31. The summed E-state index contributed by atoms with van der Waals surface area (Å²) in [4.78, 5) is 0. The van der Waals surface area contributed by atoms with E-state index in [1.807, 2.05) is 18.2 Å². The summed E-state index contributed by atoms with van der Waals surface area (Å²) in [6.07, 6.45) is 1.08. The summed E-state index contributed by atoms with van der Waals surface area (Å²) >= 11 is 0. The van der Waals surface area contributed by atoms with Gasteiger partial charge in [0.1, 0.15) is 13.2 Å². The largest absolute Gasteiger partial charge is 0.486 e. The number of hydrogen-bond donors (Lipinski definition) is 1. The van der Waals surface area contributed by atoms with Crippen LogP contribution in [-0.2, 0) is 0 Å². The van der Waals surface area contributed by atoms with E-state index in [4.69, 9.17) is 15.2 Å². The highest BCUT2D eigenvalue weighted by atomic mass is 35.5. The predicted octanol–water partition coefficient (Wildman–Crippen LogP) is 2.93. The van der Waals surface area contributed by atoms with Crippen LogP contribution in [0.15, 0.2) is 18.2 Å². The molecule has 0 radical (unpaired) electrons. The minimum Gasteiger partial charge on any atom is -0.486 e. The number of benzene rings is 1. The second kappa shape index (κ2) is 6.12. The van der Waals surface area contributed by atoms with Crippen molar-refractivity contribution in [2.45, 2.75) is 26.3 Å². The summed E-state index contributed by atoms with van der Waals surface area (Å²) < 4.78 is 11.0. The lowest BCUT2D eigenvalue weighted by Crippen LogP contribution is -2.20. The van der Waals surface area contributed by atoms with Gasteiger partial charge in [-0.3, -0.25) is 0 Å². The molecule has 0 bridgehead atoms. The molecule has 4 heteroatoms. The molecule has 1 aromatic rings. The molecule has 1 aromatic carbocycles. The first-order chi connectivity index (χ1) is 7.72. The topological polar surface area (TPSA) is 44.5 Å². The van der Waals surface area contributed by atoms with Gasteiger partial charge in [0.2, 0.25) is 0 Å². The Bertz CT molecular complexity index is 370. The minimum absolute atomic E-state index is 0. The van der Waals surface area contributed by atoms with Crippen molar-refractivity contribution in [2.24, 2.45) is 11.7 Å². The fourth-order valence-electron chi connectivity index (χ4n) is 1.85. The SMILES string of the molecule is CCC(C)[C@H](N)c1ccc2c(c1)OCCO2.Cl. The third-order valence-electron chi connectivity index (χ3n) is 3.21. The van der Waals surface area contributed by atoms with Crippen LogP contribution >= 0.6 is 12.4 Å². The standard InChI is InChI=1S/C13H19NO2.ClH/c1-3-9(2)13(14)10-4-5-11-12(8-10)16-7-6-15-11;/h4-5,8-9,13H,3,6-7,14H2,1-2H3;1H/t9?,13-;/m0./s1. The van der Waals surface area contributed by atoms with Gasteiger partial charge >= 0.3 is 0 Å². The number of rotatable bonds is 3. The maximum Gasteiger partial charge on any atom is 0.161 e. The van der Waals surface area contributed by atoms with E-state index in [0.29, 0.717) is 19.1 Å². The molecule has 2 atom stereocenters. The highest BCUT2D eigenvalue weighted by Crippen LogP contribution is 2.33. The molecule has 1 aliphatic heterocycles. The van der Waals surface area contributed by atoms with Gasteiger partial charge < -0.3 is 15.2 Å². The van der Waals surface area contributed by atoms with Crippen molar-refractivity contribution in [3.8, 4) is 11.5 Å². The number of halogens is 1. The first-order valence-corrected chi connectivity index (χ1v) is 5.87. The molecule has 2 rings (SSSR count). The quantitative estimate of drug-likeness (QED) is 0.906. The molecule has 1 heterocycles. The number of hydrogen-bond acceptors (Lipinski definition) is 3. The Kier molecular flexibility index (Phi) is 5.09. The summed E-state index contributed by atoms with van der Waals surface area (Å²) in [5.74, 6) is 2.12. The van der Waals surface area contributed by atoms with E-state index in [2.05, 4.69) is 13.8 Å². The summed E-state index contributed by atoms with van der Waals surface area (Å²) in [7, 11) is 0. The van der Waals surface area contributed by atoms with Crippen molar-refractivity contribution in [2.75, 3.05) is 13.2 Å². The zero-order valence-corrected chi connectivity index (χ0v) is 11.1. The van der Waals surface area contributed by atoms with Crippen molar-refractivity contribution >= 4 is 12.4 Å². The Hall–Kier alpha value is -0.930. The van der Waals surface area contributed by atoms with E-state index in [1.165, 1.54) is 0 Å². The molecule has 0 saturated heterocycles. The number of fused-ring (bicyclic) bond motifs is 1.